The van der Waals surface area contributed by atoms with Crippen LogP contribution in [-0.2, 0) is 13.0 Å². The van der Waals surface area contributed by atoms with Gasteiger partial charge in [0.1, 0.15) is 0 Å². The third kappa shape index (κ3) is 4.79. The maximum atomic E-state index is 10.8. The lowest BCUT2D eigenvalue weighted by molar-refractivity contribution is 0.149. The van der Waals surface area contributed by atoms with Crippen molar-refractivity contribution in [2.24, 2.45) is 11.7 Å². The van der Waals surface area contributed by atoms with Gasteiger partial charge >= 0.3 is 6.03 Å². The van der Waals surface area contributed by atoms with E-state index in [1.165, 1.54) is 5.56 Å². The van der Waals surface area contributed by atoms with Crippen LogP contribution in [0.25, 0.3) is 0 Å². The number of rotatable bonds is 6. The zero-order valence-corrected chi connectivity index (χ0v) is 13.6. The molecule has 1 aromatic carbocycles. The Kier molecular flexibility index (Phi) is 5.43. The number of likely N-dealkylation sites (tertiary alicyclic amines) is 1. The van der Waals surface area contributed by atoms with Crippen molar-refractivity contribution in [1.29, 1.82) is 0 Å². The van der Waals surface area contributed by atoms with Crippen LogP contribution in [0.2, 0.25) is 0 Å². The van der Waals surface area contributed by atoms with Gasteiger partial charge in [-0.1, -0.05) is 35.5 Å². The van der Waals surface area contributed by atoms with Crippen LogP contribution in [0.1, 0.15) is 30.1 Å². The van der Waals surface area contributed by atoms with E-state index in [2.05, 4.69) is 32.5 Å². The predicted octanol–water partition coefficient (Wildman–Crippen LogP) is 1.54. The van der Waals surface area contributed by atoms with Gasteiger partial charge in [-0.05, 0) is 30.9 Å². The van der Waals surface area contributed by atoms with E-state index in [9.17, 15) is 4.79 Å². The summed E-state index contributed by atoms with van der Waals surface area (Å²) in [6.07, 6.45) is 2.87. The molecule has 0 radical (unpaired) electrons. The number of nitrogens with one attached hydrogen (secondary N) is 1. The first kappa shape index (κ1) is 16.4. The molecular formula is C17H23N5O2. The highest BCUT2D eigenvalue weighted by atomic mass is 16.5. The molecule has 2 amide bonds. The molecule has 0 saturated carbocycles. The number of amides is 2. The number of piperidine rings is 1. The lowest BCUT2D eigenvalue weighted by Gasteiger charge is -2.31. The molecule has 1 unspecified atom stereocenters. The van der Waals surface area contributed by atoms with Crippen LogP contribution in [0, 0.1) is 5.92 Å². The monoisotopic (exact) mass is 329 g/mol. The molecule has 2 aromatic rings. The minimum absolute atomic E-state index is 0.415. The van der Waals surface area contributed by atoms with Gasteiger partial charge < -0.3 is 15.6 Å². The van der Waals surface area contributed by atoms with Gasteiger partial charge in [-0.3, -0.25) is 4.90 Å². The molecule has 0 aliphatic carbocycles. The van der Waals surface area contributed by atoms with Crippen molar-refractivity contribution in [3.8, 4) is 0 Å². The molecule has 1 aliphatic rings. The molecule has 7 heteroatoms. The zero-order valence-electron chi connectivity index (χ0n) is 13.6. The average Bonchev–Trinajstić information content (AvgIpc) is 3.01. The number of carbonyl (C=O) groups excluding carboxylic acids is 1. The first-order chi connectivity index (χ1) is 11.7. The second-order valence-electron chi connectivity index (χ2n) is 6.26. The molecule has 0 spiro atoms. The molecule has 1 fully saturated rings. The van der Waals surface area contributed by atoms with Crippen molar-refractivity contribution >= 4 is 6.03 Å². The molecule has 7 nitrogen and oxygen atoms in total. The minimum Gasteiger partial charge on any atom is -0.352 e. The molecule has 1 atom stereocenters. The minimum atomic E-state index is -0.463. The van der Waals surface area contributed by atoms with Crippen LogP contribution in [0.3, 0.4) is 0 Å². The predicted molar refractivity (Wildman–Crippen MR) is 89.1 cm³/mol. The number of aromatic nitrogens is 2. The fraction of sp³-hybridized carbons (Fsp3) is 0.471. The molecule has 1 saturated heterocycles. The summed E-state index contributed by atoms with van der Waals surface area (Å²) in [5, 5.41) is 6.76. The first-order valence-electron chi connectivity index (χ1n) is 8.30. The van der Waals surface area contributed by atoms with Crippen LogP contribution >= 0.6 is 0 Å². The average molecular weight is 329 g/mol. The number of carbonyl (C=O) groups is 1. The molecule has 0 bridgehead atoms. The quantitative estimate of drug-likeness (QED) is 0.838. The number of primary amides is 1. The van der Waals surface area contributed by atoms with Gasteiger partial charge in [0.25, 0.3) is 0 Å². The van der Waals surface area contributed by atoms with Gasteiger partial charge in [0.2, 0.25) is 5.89 Å². The van der Waals surface area contributed by atoms with Crippen molar-refractivity contribution < 1.29 is 9.32 Å². The Morgan fingerprint density at radius 3 is 3.00 bits per heavy atom. The van der Waals surface area contributed by atoms with E-state index < -0.39 is 6.03 Å². The van der Waals surface area contributed by atoms with E-state index in [1.54, 1.807) is 0 Å². The van der Waals surface area contributed by atoms with Gasteiger partial charge in [-0.15, -0.1) is 0 Å². The van der Waals surface area contributed by atoms with Gasteiger partial charge in [-0.2, -0.15) is 4.98 Å². The highest BCUT2D eigenvalue weighted by Gasteiger charge is 2.22. The summed E-state index contributed by atoms with van der Waals surface area (Å²) in [6.45, 7) is 3.17. The number of benzene rings is 1. The largest absolute Gasteiger partial charge is 0.352 e. The summed E-state index contributed by atoms with van der Waals surface area (Å²) >= 11 is 0. The Morgan fingerprint density at radius 2 is 2.21 bits per heavy atom. The summed E-state index contributed by atoms with van der Waals surface area (Å²) in [5.74, 6) is 1.77. The number of nitrogens with two attached hydrogens (primary N) is 1. The third-order valence-corrected chi connectivity index (χ3v) is 4.24. The van der Waals surface area contributed by atoms with E-state index >= 15 is 0 Å². The number of nitrogens with zero attached hydrogens (tertiary/aromatic N) is 3. The van der Waals surface area contributed by atoms with Crippen molar-refractivity contribution in [3.05, 3.63) is 47.6 Å². The Balaban J connectivity index is 1.51. The van der Waals surface area contributed by atoms with Crippen LogP contribution in [0.5, 0.6) is 0 Å². The third-order valence-electron chi connectivity index (χ3n) is 4.24. The molecule has 2 heterocycles. The fourth-order valence-electron chi connectivity index (χ4n) is 3.10. The Hall–Kier alpha value is -2.41. The van der Waals surface area contributed by atoms with Crippen LogP contribution in [0.15, 0.2) is 34.9 Å². The van der Waals surface area contributed by atoms with Gasteiger partial charge in [-0.25, -0.2) is 4.79 Å². The van der Waals surface area contributed by atoms with Crippen LogP contribution in [-0.4, -0.2) is 40.7 Å². The summed E-state index contributed by atoms with van der Waals surface area (Å²) in [6, 6.07) is 9.64. The lowest BCUT2D eigenvalue weighted by atomic mass is 9.98. The Bertz CT molecular complexity index is 658. The van der Waals surface area contributed by atoms with Crippen molar-refractivity contribution in [2.75, 3.05) is 19.6 Å². The zero-order chi connectivity index (χ0) is 16.8. The molecule has 1 aromatic heterocycles. The van der Waals surface area contributed by atoms with Gasteiger partial charge in [0.05, 0.1) is 6.54 Å². The van der Waals surface area contributed by atoms with Gasteiger partial charge in [0, 0.05) is 19.5 Å². The van der Waals surface area contributed by atoms with E-state index in [4.69, 9.17) is 10.3 Å². The molecule has 3 N–H and O–H groups in total. The standard InChI is InChI=1S/C17H23N5O2/c18-17(23)19-10-14-7-4-8-22(11-14)12-16-20-15(21-24-16)9-13-5-2-1-3-6-13/h1-3,5-6,14H,4,7-12H2,(H3,18,19,23). The van der Waals surface area contributed by atoms with Crippen molar-refractivity contribution in [3.63, 3.8) is 0 Å². The fourth-order valence-corrected chi connectivity index (χ4v) is 3.10. The normalized spacial score (nSPS) is 18.4. The van der Waals surface area contributed by atoms with E-state index in [0.717, 1.165) is 25.9 Å². The summed E-state index contributed by atoms with van der Waals surface area (Å²) in [7, 11) is 0. The van der Waals surface area contributed by atoms with Crippen LogP contribution in [0.4, 0.5) is 4.79 Å². The highest BCUT2D eigenvalue weighted by Crippen LogP contribution is 2.18. The second kappa shape index (κ2) is 7.92. The molecular weight excluding hydrogens is 306 g/mol. The smallest absolute Gasteiger partial charge is 0.312 e. The van der Waals surface area contributed by atoms with E-state index in [1.807, 2.05) is 18.2 Å². The molecule has 128 valence electrons. The van der Waals surface area contributed by atoms with E-state index in [0.29, 0.717) is 37.1 Å². The maximum absolute atomic E-state index is 10.8. The number of hydrogen-bond donors (Lipinski definition) is 2. The number of urea groups is 1. The highest BCUT2D eigenvalue weighted by molar-refractivity contribution is 5.71. The Morgan fingerprint density at radius 1 is 1.38 bits per heavy atom. The summed E-state index contributed by atoms with van der Waals surface area (Å²) < 4.78 is 5.38. The topological polar surface area (TPSA) is 97.3 Å². The maximum Gasteiger partial charge on any atom is 0.312 e. The summed E-state index contributed by atoms with van der Waals surface area (Å²) in [5.41, 5.74) is 6.30. The second-order valence-corrected chi connectivity index (χ2v) is 6.26. The first-order valence-corrected chi connectivity index (χ1v) is 8.30. The van der Waals surface area contributed by atoms with Gasteiger partial charge in [0.15, 0.2) is 5.82 Å². The SMILES string of the molecule is NC(=O)NCC1CCCN(Cc2nc(Cc3ccccc3)no2)C1. The summed E-state index contributed by atoms with van der Waals surface area (Å²) in [4.78, 5) is 17.6. The van der Waals surface area contributed by atoms with Crippen LogP contribution < -0.4 is 11.1 Å². The molecule has 3 rings (SSSR count). The Labute approximate surface area is 141 Å². The molecule has 1 aliphatic heterocycles. The van der Waals surface area contributed by atoms with Crippen molar-refractivity contribution in [1.82, 2.24) is 20.4 Å². The van der Waals surface area contributed by atoms with E-state index in [-0.39, 0.29) is 0 Å². The molecule has 24 heavy (non-hydrogen) atoms. The lowest BCUT2D eigenvalue weighted by Crippen LogP contribution is -2.41. The number of hydrogen-bond acceptors (Lipinski definition) is 5. The van der Waals surface area contributed by atoms with Crippen molar-refractivity contribution in [2.45, 2.75) is 25.8 Å².